The molecule has 0 bridgehead atoms. The first-order chi connectivity index (χ1) is 10.3. The van der Waals surface area contributed by atoms with Crippen LogP contribution in [-0.4, -0.2) is 14.1 Å². The van der Waals surface area contributed by atoms with E-state index >= 15 is 0 Å². The van der Waals surface area contributed by atoms with Gasteiger partial charge in [-0.25, -0.2) is 4.39 Å². The van der Waals surface area contributed by atoms with Gasteiger partial charge in [-0.05, 0) is 25.1 Å². The summed E-state index contributed by atoms with van der Waals surface area (Å²) >= 11 is 0. The van der Waals surface area contributed by atoms with Crippen LogP contribution < -0.4 is 66.3 Å². The Kier molecular flexibility index (Phi) is 7.60. The molecule has 0 radical (unpaired) electrons. The SMILES string of the molecule is COc1cccc(COc2ccc([B-](F)(F)F)c(C)c2)c1F.[K+]. The van der Waals surface area contributed by atoms with Crippen molar-refractivity contribution in [2.24, 2.45) is 0 Å². The van der Waals surface area contributed by atoms with E-state index in [1.807, 2.05) is 0 Å². The fourth-order valence-electron chi connectivity index (χ4n) is 2.09. The largest absolute Gasteiger partial charge is 1.00 e. The van der Waals surface area contributed by atoms with Crippen LogP contribution in [0, 0.1) is 12.7 Å². The molecule has 0 spiro atoms. The van der Waals surface area contributed by atoms with Gasteiger partial charge in [0.05, 0.1) is 7.11 Å². The van der Waals surface area contributed by atoms with Crippen LogP contribution in [-0.2, 0) is 6.61 Å². The second kappa shape index (κ2) is 8.53. The van der Waals surface area contributed by atoms with Crippen LogP contribution in [0.2, 0.25) is 0 Å². The van der Waals surface area contributed by atoms with Crippen molar-refractivity contribution in [1.82, 2.24) is 0 Å². The summed E-state index contributed by atoms with van der Waals surface area (Å²) in [5.74, 6) is -0.201. The Labute approximate surface area is 174 Å². The predicted octanol–water partition coefficient (Wildman–Crippen LogP) is 0.780. The molecule has 0 aliphatic carbocycles. The molecular weight excluding hydrogens is 338 g/mol. The minimum atomic E-state index is -5.05. The summed E-state index contributed by atoms with van der Waals surface area (Å²) in [5, 5.41) is 0. The maximum atomic E-state index is 13.9. The second-order valence-corrected chi connectivity index (χ2v) is 4.82. The monoisotopic (exact) mass is 352 g/mol. The first kappa shape index (κ1) is 20.5. The molecule has 2 aromatic carbocycles. The van der Waals surface area contributed by atoms with E-state index in [2.05, 4.69) is 0 Å². The van der Waals surface area contributed by atoms with Crippen molar-refractivity contribution < 1.29 is 78.2 Å². The van der Waals surface area contributed by atoms with Crippen molar-refractivity contribution in [3.8, 4) is 11.5 Å². The van der Waals surface area contributed by atoms with E-state index in [4.69, 9.17) is 9.47 Å². The molecule has 0 aliphatic heterocycles. The quantitative estimate of drug-likeness (QED) is 0.585. The van der Waals surface area contributed by atoms with E-state index in [0.717, 1.165) is 6.07 Å². The second-order valence-electron chi connectivity index (χ2n) is 4.82. The van der Waals surface area contributed by atoms with Crippen LogP contribution in [0.4, 0.5) is 17.3 Å². The third-order valence-electron chi connectivity index (χ3n) is 3.25. The Morgan fingerprint density at radius 3 is 2.35 bits per heavy atom. The first-order valence-corrected chi connectivity index (χ1v) is 6.57. The first-order valence-electron chi connectivity index (χ1n) is 6.57. The van der Waals surface area contributed by atoms with Gasteiger partial charge in [-0.3, -0.25) is 0 Å². The smallest absolute Gasteiger partial charge is 0.494 e. The van der Waals surface area contributed by atoms with E-state index in [-0.39, 0.29) is 80.6 Å². The fraction of sp³-hybridized carbons (Fsp3) is 0.200. The zero-order valence-corrected chi connectivity index (χ0v) is 16.2. The fourth-order valence-corrected chi connectivity index (χ4v) is 2.09. The Hall–Kier alpha value is -0.539. The van der Waals surface area contributed by atoms with Crippen LogP contribution in [0.1, 0.15) is 11.1 Å². The zero-order chi connectivity index (χ0) is 16.3. The molecular formula is C15H14BF4KO2. The summed E-state index contributed by atoms with van der Waals surface area (Å²) in [7, 11) is 1.35. The molecule has 8 heteroatoms. The van der Waals surface area contributed by atoms with Gasteiger partial charge in [0.1, 0.15) is 12.4 Å². The van der Waals surface area contributed by atoms with Gasteiger partial charge in [0.2, 0.25) is 0 Å². The van der Waals surface area contributed by atoms with Gasteiger partial charge in [-0.15, -0.1) is 5.46 Å². The summed E-state index contributed by atoms with van der Waals surface area (Å²) < 4.78 is 62.3. The standard InChI is InChI=1S/C15H14BF4O2.K/c1-10-8-12(6-7-13(10)16(18,19)20)22-9-11-4-3-5-14(21-2)15(11)17;/h3-8H,9H2,1-2H3;/q-1;+1. The third-order valence-corrected chi connectivity index (χ3v) is 3.25. The third kappa shape index (κ3) is 5.22. The molecule has 0 saturated carbocycles. The minimum Gasteiger partial charge on any atom is -0.494 e. The number of aryl methyl sites for hydroxylation is 1. The van der Waals surface area contributed by atoms with E-state index in [9.17, 15) is 17.3 Å². The molecule has 23 heavy (non-hydrogen) atoms. The number of rotatable bonds is 5. The Bertz CT molecular complexity index is 677. The van der Waals surface area contributed by atoms with Gasteiger partial charge >= 0.3 is 58.4 Å². The molecule has 118 valence electrons. The van der Waals surface area contributed by atoms with E-state index in [1.165, 1.54) is 38.3 Å². The minimum absolute atomic E-state index is 0. The summed E-state index contributed by atoms with van der Waals surface area (Å²) in [6.45, 7) is -3.78. The number of ether oxygens (including phenoxy) is 2. The molecule has 0 atom stereocenters. The molecule has 0 heterocycles. The molecule has 2 rings (SSSR count). The molecule has 0 aliphatic rings. The zero-order valence-electron chi connectivity index (χ0n) is 13.1. The number of hydrogen-bond donors (Lipinski definition) is 0. The van der Waals surface area contributed by atoms with Crippen LogP contribution >= 0.6 is 0 Å². The molecule has 2 nitrogen and oxygen atoms in total. The van der Waals surface area contributed by atoms with Crippen molar-refractivity contribution >= 4 is 12.4 Å². The van der Waals surface area contributed by atoms with Gasteiger partial charge in [0.15, 0.2) is 11.6 Å². The number of halogens is 4. The summed E-state index contributed by atoms with van der Waals surface area (Å²) in [6, 6.07) is 8.12. The maximum Gasteiger partial charge on any atom is 1.00 e. The van der Waals surface area contributed by atoms with E-state index in [0.29, 0.717) is 0 Å². The van der Waals surface area contributed by atoms with Gasteiger partial charge in [0, 0.05) is 5.56 Å². The van der Waals surface area contributed by atoms with Crippen LogP contribution in [0.25, 0.3) is 0 Å². The van der Waals surface area contributed by atoms with Crippen LogP contribution in [0.3, 0.4) is 0 Å². The van der Waals surface area contributed by atoms with Crippen LogP contribution in [0.15, 0.2) is 36.4 Å². The van der Waals surface area contributed by atoms with Gasteiger partial charge < -0.3 is 22.4 Å². The van der Waals surface area contributed by atoms with E-state index in [1.54, 1.807) is 6.07 Å². The van der Waals surface area contributed by atoms with E-state index < -0.39 is 18.3 Å². The molecule has 0 aromatic heterocycles. The number of methoxy groups -OCH3 is 1. The van der Waals surface area contributed by atoms with Crippen molar-refractivity contribution in [2.75, 3.05) is 7.11 Å². The summed E-state index contributed by atoms with van der Waals surface area (Å²) in [6.07, 6.45) is 0. The topological polar surface area (TPSA) is 18.5 Å². The summed E-state index contributed by atoms with van der Waals surface area (Å²) in [4.78, 5) is 0. The number of hydrogen-bond acceptors (Lipinski definition) is 2. The summed E-state index contributed by atoms with van der Waals surface area (Å²) in [5.41, 5.74) is -0.308. The van der Waals surface area contributed by atoms with Crippen molar-refractivity contribution in [1.29, 1.82) is 0 Å². The molecule has 0 fully saturated rings. The molecule has 0 amide bonds. The number of benzene rings is 2. The predicted molar refractivity (Wildman–Crippen MR) is 77.2 cm³/mol. The van der Waals surface area contributed by atoms with Crippen molar-refractivity contribution in [3.63, 3.8) is 0 Å². The van der Waals surface area contributed by atoms with Gasteiger partial charge in [-0.2, -0.15) is 0 Å². The molecule has 0 N–H and O–H groups in total. The molecule has 0 saturated heterocycles. The van der Waals surface area contributed by atoms with Crippen molar-refractivity contribution in [3.05, 3.63) is 53.3 Å². The Balaban J connectivity index is 0.00000264. The average molecular weight is 352 g/mol. The maximum absolute atomic E-state index is 13.9. The Morgan fingerprint density at radius 1 is 1.09 bits per heavy atom. The average Bonchev–Trinajstić information content (AvgIpc) is 2.45. The molecule has 0 unspecified atom stereocenters. The normalized spacial score (nSPS) is 10.9. The van der Waals surface area contributed by atoms with Gasteiger partial charge in [0.25, 0.3) is 0 Å². The van der Waals surface area contributed by atoms with Crippen LogP contribution in [0.5, 0.6) is 11.5 Å². The van der Waals surface area contributed by atoms with Gasteiger partial charge in [-0.1, -0.05) is 23.8 Å². The van der Waals surface area contributed by atoms with Crippen molar-refractivity contribution in [2.45, 2.75) is 13.5 Å². The molecule has 2 aromatic rings. The Morgan fingerprint density at radius 2 is 1.78 bits per heavy atom.